The maximum Gasteiger partial charge on any atom is 0.213 e. The lowest BCUT2D eigenvalue weighted by molar-refractivity contribution is -0.00521. The molecule has 27 heavy (non-hydrogen) atoms. The number of hydrogen-bond donors (Lipinski definition) is 2. The molecule has 6 nitrogen and oxygen atoms in total. The molecular weight excluding hydrogens is 362 g/mol. The van der Waals surface area contributed by atoms with Crippen molar-refractivity contribution in [3.8, 4) is 0 Å². The number of nitrogens with one attached hydrogen (secondary N) is 2. The molecule has 0 spiro atoms. The summed E-state index contributed by atoms with van der Waals surface area (Å²) in [6, 6.07) is 8.56. The van der Waals surface area contributed by atoms with Gasteiger partial charge in [0.15, 0.2) is 0 Å². The van der Waals surface area contributed by atoms with Crippen LogP contribution in [0.15, 0.2) is 24.3 Å². The third kappa shape index (κ3) is 7.31. The van der Waals surface area contributed by atoms with E-state index < -0.39 is 10.0 Å². The molecule has 0 saturated carbocycles. The Hall–Kier alpha value is -1.31. The minimum absolute atomic E-state index is 0.261. The summed E-state index contributed by atoms with van der Waals surface area (Å²) in [7, 11) is -3.13. The molecule has 0 bridgehead atoms. The van der Waals surface area contributed by atoms with E-state index in [0.717, 1.165) is 44.6 Å². The van der Waals surface area contributed by atoms with E-state index in [1.807, 2.05) is 0 Å². The second-order valence-corrected chi connectivity index (χ2v) is 10.0. The van der Waals surface area contributed by atoms with Crippen LogP contribution in [0, 0.1) is 0 Å². The predicted octanol–water partition coefficient (Wildman–Crippen LogP) is 3.21. The Bertz CT molecular complexity index is 652. The number of ether oxygens (including phenoxy) is 1. The zero-order chi connectivity index (χ0) is 19.9. The first-order valence-corrected chi connectivity index (χ1v) is 11.6. The molecule has 1 heterocycles. The summed E-state index contributed by atoms with van der Waals surface area (Å²) >= 11 is 0. The van der Waals surface area contributed by atoms with Crippen LogP contribution >= 0.6 is 0 Å². The highest BCUT2D eigenvalue weighted by atomic mass is 32.2. The number of sulfonamides is 1. The molecule has 1 aliphatic heterocycles. The van der Waals surface area contributed by atoms with Crippen LogP contribution in [0.4, 0.5) is 11.4 Å². The van der Waals surface area contributed by atoms with Gasteiger partial charge >= 0.3 is 0 Å². The smallest absolute Gasteiger partial charge is 0.213 e. The minimum Gasteiger partial charge on any atom is -0.385 e. The van der Waals surface area contributed by atoms with E-state index >= 15 is 0 Å². The first-order chi connectivity index (χ1) is 12.8. The predicted molar refractivity (Wildman–Crippen MR) is 113 cm³/mol. The number of unbranched alkanes of at least 4 members (excludes halogenated alkanes) is 2. The highest BCUT2D eigenvalue weighted by molar-refractivity contribution is 7.90. The number of morpholine rings is 1. The van der Waals surface area contributed by atoms with Gasteiger partial charge in [-0.3, -0.25) is 0 Å². The average Bonchev–Trinajstić information content (AvgIpc) is 2.60. The molecule has 2 unspecified atom stereocenters. The Labute approximate surface area is 164 Å². The van der Waals surface area contributed by atoms with Gasteiger partial charge in [-0.05, 0) is 64.8 Å². The van der Waals surface area contributed by atoms with Crippen LogP contribution in [0.1, 0.15) is 47.0 Å². The lowest BCUT2D eigenvalue weighted by Gasteiger charge is -2.36. The van der Waals surface area contributed by atoms with Crippen LogP contribution in [0.2, 0.25) is 0 Å². The van der Waals surface area contributed by atoms with Gasteiger partial charge in [0.1, 0.15) is 0 Å². The largest absolute Gasteiger partial charge is 0.385 e. The maximum atomic E-state index is 11.6. The van der Waals surface area contributed by atoms with Gasteiger partial charge in [0, 0.05) is 37.6 Å². The van der Waals surface area contributed by atoms with Crippen LogP contribution < -0.4 is 14.9 Å². The van der Waals surface area contributed by atoms with Crippen molar-refractivity contribution in [3.63, 3.8) is 0 Å². The van der Waals surface area contributed by atoms with Gasteiger partial charge in [-0.25, -0.2) is 13.1 Å². The molecule has 1 aromatic rings. The summed E-state index contributed by atoms with van der Waals surface area (Å²) < 4.78 is 31.7. The highest BCUT2D eigenvalue weighted by Crippen LogP contribution is 2.22. The highest BCUT2D eigenvalue weighted by Gasteiger charge is 2.22. The van der Waals surface area contributed by atoms with E-state index in [1.54, 1.807) is 13.8 Å². The molecule has 0 aliphatic carbocycles. The van der Waals surface area contributed by atoms with E-state index in [0.29, 0.717) is 6.54 Å². The van der Waals surface area contributed by atoms with E-state index in [4.69, 9.17) is 4.74 Å². The molecule has 0 amide bonds. The fourth-order valence-corrected chi connectivity index (χ4v) is 3.98. The van der Waals surface area contributed by atoms with Crippen LogP contribution in [0.5, 0.6) is 0 Å². The molecular formula is C20H35N3O3S. The van der Waals surface area contributed by atoms with E-state index in [-0.39, 0.29) is 17.5 Å². The second kappa shape index (κ2) is 10.3. The van der Waals surface area contributed by atoms with Crippen molar-refractivity contribution in [2.45, 2.75) is 64.4 Å². The Kier molecular flexibility index (Phi) is 8.38. The van der Waals surface area contributed by atoms with Gasteiger partial charge in [-0.2, -0.15) is 0 Å². The molecule has 1 aliphatic rings. The SMILES string of the molecule is CC1CN(c2ccc(NCCCCCNS(=O)(=O)C(C)C)cc2)CC(C)O1. The lowest BCUT2D eigenvalue weighted by atomic mass is 10.2. The zero-order valence-electron chi connectivity index (χ0n) is 17.1. The normalized spacial score (nSPS) is 20.9. The number of hydrogen-bond acceptors (Lipinski definition) is 5. The fraction of sp³-hybridized carbons (Fsp3) is 0.700. The molecule has 1 fully saturated rings. The first-order valence-electron chi connectivity index (χ1n) is 10.0. The molecule has 1 saturated heterocycles. The quantitative estimate of drug-likeness (QED) is 0.593. The van der Waals surface area contributed by atoms with Gasteiger partial charge in [-0.1, -0.05) is 6.42 Å². The summed E-state index contributed by atoms with van der Waals surface area (Å²) in [5.41, 5.74) is 2.36. The number of anilines is 2. The molecule has 0 aromatic heterocycles. The van der Waals surface area contributed by atoms with Gasteiger partial charge in [0.25, 0.3) is 0 Å². The Morgan fingerprint density at radius 2 is 1.63 bits per heavy atom. The molecule has 7 heteroatoms. The van der Waals surface area contributed by atoms with Crippen molar-refractivity contribution in [3.05, 3.63) is 24.3 Å². The summed E-state index contributed by atoms with van der Waals surface area (Å²) in [5, 5.41) is 3.07. The fourth-order valence-electron chi connectivity index (χ4n) is 3.22. The maximum absolute atomic E-state index is 11.6. The van der Waals surface area contributed by atoms with Crippen molar-refractivity contribution in [2.75, 3.05) is 36.4 Å². The van der Waals surface area contributed by atoms with Gasteiger partial charge in [-0.15, -0.1) is 0 Å². The Balaban J connectivity index is 1.64. The van der Waals surface area contributed by atoms with Crippen molar-refractivity contribution in [1.29, 1.82) is 0 Å². The van der Waals surface area contributed by atoms with Crippen molar-refractivity contribution < 1.29 is 13.2 Å². The summed E-state index contributed by atoms with van der Waals surface area (Å²) in [6.07, 6.45) is 3.40. The van der Waals surface area contributed by atoms with Crippen molar-refractivity contribution in [2.24, 2.45) is 0 Å². The first kappa shape index (κ1) is 22.0. The number of benzene rings is 1. The van der Waals surface area contributed by atoms with Gasteiger partial charge in [0.05, 0.1) is 17.5 Å². The van der Waals surface area contributed by atoms with Crippen LogP contribution in [0.25, 0.3) is 0 Å². The van der Waals surface area contributed by atoms with Gasteiger partial charge < -0.3 is 15.0 Å². The average molecular weight is 398 g/mol. The molecule has 1 aromatic carbocycles. The van der Waals surface area contributed by atoms with E-state index in [2.05, 4.69) is 53.1 Å². The molecule has 0 radical (unpaired) electrons. The molecule has 2 N–H and O–H groups in total. The monoisotopic (exact) mass is 397 g/mol. The van der Waals surface area contributed by atoms with Gasteiger partial charge in [0.2, 0.25) is 10.0 Å². The molecule has 2 rings (SSSR count). The Morgan fingerprint density at radius 3 is 2.22 bits per heavy atom. The second-order valence-electron chi connectivity index (χ2n) is 7.68. The lowest BCUT2D eigenvalue weighted by Crippen LogP contribution is -2.45. The standard InChI is InChI=1S/C20H35N3O3S/c1-16(2)27(24,25)22-13-7-5-6-12-21-19-8-10-20(11-9-19)23-14-17(3)26-18(4)15-23/h8-11,16-18,21-22H,5-7,12-15H2,1-4H3. The van der Waals surface area contributed by atoms with Crippen LogP contribution in [-0.2, 0) is 14.8 Å². The summed E-state index contributed by atoms with van der Waals surface area (Å²) in [4.78, 5) is 2.38. The molecule has 154 valence electrons. The third-order valence-corrected chi connectivity index (χ3v) is 6.61. The van der Waals surface area contributed by atoms with Crippen molar-refractivity contribution in [1.82, 2.24) is 4.72 Å². The van der Waals surface area contributed by atoms with Crippen LogP contribution in [0.3, 0.4) is 0 Å². The third-order valence-electron chi connectivity index (χ3n) is 4.76. The zero-order valence-corrected chi connectivity index (χ0v) is 17.9. The van der Waals surface area contributed by atoms with Crippen molar-refractivity contribution >= 4 is 21.4 Å². The summed E-state index contributed by atoms with van der Waals surface area (Å²) in [5.74, 6) is 0. The Morgan fingerprint density at radius 1 is 1.04 bits per heavy atom. The molecule has 2 atom stereocenters. The topological polar surface area (TPSA) is 70.7 Å². The van der Waals surface area contributed by atoms with Crippen LogP contribution in [-0.4, -0.2) is 52.1 Å². The summed E-state index contributed by atoms with van der Waals surface area (Å²) in [6.45, 7) is 10.9. The minimum atomic E-state index is -3.13. The number of nitrogens with zero attached hydrogens (tertiary/aromatic N) is 1. The van der Waals surface area contributed by atoms with E-state index in [9.17, 15) is 8.42 Å². The van der Waals surface area contributed by atoms with E-state index in [1.165, 1.54) is 5.69 Å². The number of rotatable bonds is 10.